The number of phenolic OH excluding ortho intramolecular Hbond substituents is 1. The Morgan fingerprint density at radius 3 is 1.65 bits per heavy atom. The zero-order valence-electron chi connectivity index (χ0n) is 19.9. The van der Waals surface area contributed by atoms with Crippen molar-refractivity contribution in [2.24, 2.45) is 0 Å². The number of esters is 1. The number of aliphatic hydroxyl groups excluding tert-OH is 1. The molecule has 3 rings (SSSR count). The topological polar surface area (TPSA) is 85.2 Å². The van der Waals surface area contributed by atoms with E-state index in [1.54, 1.807) is 37.3 Å². The number of halogens is 6. The van der Waals surface area contributed by atoms with Gasteiger partial charge in [-0.3, -0.25) is 0 Å². The van der Waals surface area contributed by atoms with E-state index in [9.17, 15) is 40.2 Å². The Kier molecular flexibility index (Phi) is 12.4. The van der Waals surface area contributed by atoms with Crippen molar-refractivity contribution in [2.75, 3.05) is 21.3 Å². The van der Waals surface area contributed by atoms with Gasteiger partial charge >= 0.3 is 58.4 Å². The molecular formula is C23H25F6O6PRu+. The maximum absolute atomic E-state index is 12.2. The van der Waals surface area contributed by atoms with Crippen molar-refractivity contribution in [2.45, 2.75) is 13.0 Å². The second-order valence-corrected chi connectivity index (χ2v) is 8.97. The monoisotopic (exact) mass is 644 g/mol. The zero-order chi connectivity index (χ0) is 27.8. The van der Waals surface area contributed by atoms with Gasteiger partial charge < -0.3 is 24.4 Å². The van der Waals surface area contributed by atoms with Gasteiger partial charge in [-0.1, -0.05) is 12.1 Å². The number of phenols is 1. The molecule has 2 aromatic carbocycles. The SMILES string of the molecule is COC(=O)c1cccc(OC)c1-c1c([C@@H](C)O)ccc(OC)c1O.F[P-](F)(F)(F)(F)F.[CH]1[CH][CH][CH][CH]1.[Ru+2]. The van der Waals surface area contributed by atoms with Crippen molar-refractivity contribution < 1.29 is 73.9 Å². The number of rotatable bonds is 5. The molecule has 0 saturated heterocycles. The van der Waals surface area contributed by atoms with Gasteiger partial charge in [-0.2, -0.15) is 0 Å². The molecule has 1 fully saturated rings. The van der Waals surface area contributed by atoms with E-state index in [0.29, 0.717) is 16.9 Å². The first-order valence-corrected chi connectivity index (χ1v) is 12.0. The van der Waals surface area contributed by atoms with Crippen LogP contribution in [-0.2, 0) is 24.2 Å². The summed E-state index contributed by atoms with van der Waals surface area (Å²) in [7, 11) is -6.51. The van der Waals surface area contributed by atoms with E-state index in [-0.39, 0.29) is 42.1 Å². The van der Waals surface area contributed by atoms with Crippen LogP contribution < -0.4 is 9.47 Å². The molecule has 0 unspecified atom stereocenters. The Morgan fingerprint density at radius 1 is 0.811 bits per heavy atom. The van der Waals surface area contributed by atoms with Crippen LogP contribution in [0.4, 0.5) is 25.2 Å². The Morgan fingerprint density at radius 2 is 1.27 bits per heavy atom. The van der Waals surface area contributed by atoms with Gasteiger partial charge in [0.25, 0.3) is 0 Å². The Labute approximate surface area is 223 Å². The number of methoxy groups -OCH3 is 3. The maximum atomic E-state index is 12.2. The van der Waals surface area contributed by atoms with Crippen LogP contribution in [0.5, 0.6) is 17.2 Å². The summed E-state index contributed by atoms with van der Waals surface area (Å²) in [5.74, 6) is -0.187. The second kappa shape index (κ2) is 13.1. The molecular weight excluding hydrogens is 618 g/mol. The number of hydrogen-bond donors (Lipinski definition) is 2. The molecule has 0 heterocycles. The predicted octanol–water partition coefficient (Wildman–Crippen LogP) is 7.32. The van der Waals surface area contributed by atoms with Gasteiger partial charge in [-0.15, -0.1) is 0 Å². The first kappa shape index (κ1) is 34.9. The molecule has 14 heteroatoms. The molecule has 37 heavy (non-hydrogen) atoms. The fourth-order valence-electron chi connectivity index (χ4n) is 2.92. The van der Waals surface area contributed by atoms with Crippen LogP contribution in [0, 0.1) is 32.1 Å². The molecule has 0 spiro atoms. The molecule has 1 atom stereocenters. The number of carbonyl (C=O) groups is 1. The minimum atomic E-state index is -10.7. The molecule has 5 radical (unpaired) electrons. The Hall–Kier alpha value is -2.10. The summed E-state index contributed by atoms with van der Waals surface area (Å²) in [5, 5.41) is 20.7. The summed E-state index contributed by atoms with van der Waals surface area (Å²) in [6.45, 7) is 1.57. The number of hydrogen-bond acceptors (Lipinski definition) is 6. The van der Waals surface area contributed by atoms with Gasteiger partial charge in [0, 0.05) is 11.1 Å². The molecule has 0 aliphatic heterocycles. The number of benzene rings is 2. The third kappa shape index (κ3) is 12.8. The van der Waals surface area contributed by atoms with Crippen molar-refractivity contribution in [3.63, 3.8) is 0 Å². The average molecular weight is 643 g/mol. The van der Waals surface area contributed by atoms with Gasteiger partial charge in [0.15, 0.2) is 11.5 Å². The van der Waals surface area contributed by atoms with Gasteiger partial charge in [0.2, 0.25) is 0 Å². The van der Waals surface area contributed by atoms with Crippen LogP contribution in [0.15, 0.2) is 30.3 Å². The summed E-state index contributed by atoms with van der Waals surface area (Å²) >= 11 is 0. The van der Waals surface area contributed by atoms with E-state index < -0.39 is 19.9 Å². The molecule has 0 aromatic heterocycles. The summed E-state index contributed by atoms with van der Waals surface area (Å²) in [6.07, 6.45) is 9.12. The molecule has 0 bridgehead atoms. The van der Waals surface area contributed by atoms with Gasteiger partial charge in [-0.25, -0.2) is 4.79 Å². The number of carbonyl (C=O) groups excluding carboxylic acids is 1. The molecule has 2 aromatic rings. The van der Waals surface area contributed by atoms with E-state index in [0.717, 1.165) is 0 Å². The predicted molar refractivity (Wildman–Crippen MR) is 124 cm³/mol. The Balaban J connectivity index is 0.000000821. The molecule has 2 N–H and O–H groups in total. The molecule has 1 aliphatic rings. The molecule has 1 aliphatic carbocycles. The smallest absolute Gasteiger partial charge is 0.0312 e. The molecule has 6 nitrogen and oxygen atoms in total. The van der Waals surface area contributed by atoms with Crippen molar-refractivity contribution in [1.82, 2.24) is 0 Å². The zero-order valence-corrected chi connectivity index (χ0v) is 22.6. The summed E-state index contributed by atoms with van der Waals surface area (Å²) in [6, 6.07) is 8.05. The minimum Gasteiger partial charge on any atom is -0.0312 e. The van der Waals surface area contributed by atoms with E-state index in [1.807, 2.05) is 32.1 Å². The van der Waals surface area contributed by atoms with Crippen molar-refractivity contribution >= 4 is 13.8 Å². The summed E-state index contributed by atoms with van der Waals surface area (Å²) in [4.78, 5) is 12.2. The van der Waals surface area contributed by atoms with E-state index in [4.69, 9.17) is 14.2 Å². The summed E-state index contributed by atoms with van der Waals surface area (Å²) in [5.41, 5.74) is 1.24. The Bertz CT molecular complexity index is 1030. The van der Waals surface area contributed by atoms with Crippen molar-refractivity contribution in [1.29, 1.82) is 0 Å². The number of aliphatic hydroxyl groups is 1. The fourth-order valence-corrected chi connectivity index (χ4v) is 2.92. The normalized spacial score (nSPS) is 15.2. The third-order valence-corrected chi connectivity index (χ3v) is 4.30. The number of aromatic hydroxyl groups is 1. The van der Waals surface area contributed by atoms with Crippen LogP contribution in [-0.4, -0.2) is 37.5 Å². The van der Waals surface area contributed by atoms with Gasteiger partial charge in [-0.05, 0) is 62.8 Å². The average Bonchev–Trinajstić information content (AvgIpc) is 3.36. The fraction of sp³-hybridized carbons (Fsp3) is 0.217. The van der Waals surface area contributed by atoms with Gasteiger partial charge in [0.1, 0.15) is 5.75 Å². The van der Waals surface area contributed by atoms with Crippen molar-refractivity contribution in [3.05, 3.63) is 73.6 Å². The van der Waals surface area contributed by atoms with Crippen LogP contribution in [0.1, 0.15) is 28.9 Å². The van der Waals surface area contributed by atoms with Crippen LogP contribution in [0.25, 0.3) is 11.1 Å². The molecule has 1 saturated carbocycles. The van der Waals surface area contributed by atoms with Gasteiger partial charge in [0.05, 0.1) is 33.0 Å². The molecule has 207 valence electrons. The minimum absolute atomic E-state index is 0. The maximum Gasteiger partial charge on any atom is 2.00 e. The standard InChI is InChI=1S/C18H20O6.C5H5.F6P.Ru/c1-10(19)11-8-9-14(23-3)17(20)16(11)15-12(18(21)24-4)6-5-7-13(15)22-2;1-2-4-5-3-1;1-7(2,3,4,5)6;/h5-10,19-20H,1-4H3;1-5H;;/q;;-1;+2/t10-;;;/m1.../s1. The largest absolute Gasteiger partial charge is 2.00 e. The number of ether oxygens (including phenoxy) is 3. The van der Waals surface area contributed by atoms with Crippen LogP contribution >= 0.6 is 7.81 Å². The van der Waals surface area contributed by atoms with E-state index in [1.165, 1.54) is 21.3 Å². The van der Waals surface area contributed by atoms with Crippen LogP contribution in [0.2, 0.25) is 0 Å². The second-order valence-electron chi connectivity index (χ2n) is 7.05. The quantitative estimate of drug-likeness (QED) is 0.154. The van der Waals surface area contributed by atoms with Crippen LogP contribution in [0.3, 0.4) is 0 Å². The first-order valence-electron chi connectivity index (χ1n) is 9.97. The first-order chi connectivity index (χ1) is 16.4. The van der Waals surface area contributed by atoms with E-state index in [2.05, 4.69) is 0 Å². The third-order valence-electron chi connectivity index (χ3n) is 4.30. The van der Waals surface area contributed by atoms with Crippen molar-refractivity contribution in [3.8, 4) is 28.4 Å². The van der Waals surface area contributed by atoms with E-state index >= 15 is 0 Å². The molecule has 0 amide bonds. The summed E-state index contributed by atoms with van der Waals surface area (Å²) < 4.78 is 74.5.